The van der Waals surface area contributed by atoms with Crippen molar-refractivity contribution in [2.75, 3.05) is 20.2 Å². The van der Waals surface area contributed by atoms with Gasteiger partial charge in [-0.3, -0.25) is 19.3 Å². The predicted molar refractivity (Wildman–Crippen MR) is 132 cm³/mol. The number of hydrogen-bond acceptors (Lipinski definition) is 6. The minimum Gasteiger partial charge on any atom is -0.496 e. The Morgan fingerprint density at radius 3 is 2.50 bits per heavy atom. The van der Waals surface area contributed by atoms with Crippen LogP contribution in [0.2, 0.25) is 5.02 Å². The highest BCUT2D eigenvalue weighted by atomic mass is 35.5. The smallest absolute Gasteiger partial charge is 0.326 e. The van der Waals surface area contributed by atoms with E-state index in [9.17, 15) is 29.1 Å². The zero-order valence-corrected chi connectivity index (χ0v) is 21.6. The summed E-state index contributed by atoms with van der Waals surface area (Å²) in [4.78, 5) is 63.5. The van der Waals surface area contributed by atoms with E-state index in [2.05, 4.69) is 16.0 Å². The van der Waals surface area contributed by atoms with Gasteiger partial charge in [-0.25, -0.2) is 9.59 Å². The number of nitrogens with one attached hydrogen (secondary N) is 3. The van der Waals surface area contributed by atoms with Crippen LogP contribution in [0.4, 0.5) is 4.79 Å². The number of imide groups is 1. The minimum atomic E-state index is -1.18. The number of halogens is 1. The molecule has 0 spiro atoms. The van der Waals surface area contributed by atoms with E-state index in [1.54, 1.807) is 25.1 Å². The fraction of sp³-hybridized carbons (Fsp3) is 0.542. The van der Waals surface area contributed by atoms with Crippen molar-refractivity contribution in [1.29, 1.82) is 0 Å². The molecule has 1 fully saturated rings. The molecule has 1 aromatic rings. The molecule has 1 aliphatic heterocycles. The van der Waals surface area contributed by atoms with Gasteiger partial charge in [0.25, 0.3) is 0 Å². The van der Waals surface area contributed by atoms with Crippen LogP contribution in [0.1, 0.15) is 39.2 Å². The Hall–Kier alpha value is -3.34. The lowest BCUT2D eigenvalue weighted by Crippen LogP contribution is -2.56. The van der Waals surface area contributed by atoms with Gasteiger partial charge in [0.2, 0.25) is 17.7 Å². The molecule has 198 valence electrons. The Morgan fingerprint density at radius 1 is 1.22 bits per heavy atom. The summed E-state index contributed by atoms with van der Waals surface area (Å²) in [6.45, 7) is 4.77. The third-order valence-electron chi connectivity index (χ3n) is 5.76. The number of carbonyl (C=O) groups is 5. The Balaban J connectivity index is 2.17. The predicted octanol–water partition coefficient (Wildman–Crippen LogP) is 1.57. The molecule has 1 aromatic carbocycles. The summed E-state index contributed by atoms with van der Waals surface area (Å²) in [5.41, 5.74) is 0.635. The van der Waals surface area contributed by atoms with Gasteiger partial charge in [0.15, 0.2) is 0 Å². The average molecular weight is 525 g/mol. The van der Waals surface area contributed by atoms with Crippen molar-refractivity contribution < 1.29 is 33.8 Å². The number of urea groups is 1. The first kappa shape index (κ1) is 28.9. The first-order chi connectivity index (χ1) is 17.0. The third-order valence-corrected chi connectivity index (χ3v) is 6.00. The molecule has 1 heterocycles. The summed E-state index contributed by atoms with van der Waals surface area (Å²) in [6.07, 6.45) is 0.508. The maximum atomic E-state index is 13.3. The highest BCUT2D eigenvalue weighted by Gasteiger charge is 2.36. The van der Waals surface area contributed by atoms with Crippen LogP contribution in [0.3, 0.4) is 0 Å². The van der Waals surface area contributed by atoms with Crippen molar-refractivity contribution >= 4 is 41.3 Å². The number of nitrogens with zero attached hydrogens (tertiary/aromatic N) is 1. The van der Waals surface area contributed by atoms with Crippen LogP contribution in [0.25, 0.3) is 0 Å². The van der Waals surface area contributed by atoms with Crippen LogP contribution in [0, 0.1) is 11.8 Å². The van der Waals surface area contributed by atoms with E-state index in [-0.39, 0.29) is 31.7 Å². The highest BCUT2D eigenvalue weighted by molar-refractivity contribution is 6.30. The maximum absolute atomic E-state index is 13.3. The average Bonchev–Trinajstić information content (AvgIpc) is 2.95. The number of rotatable bonds is 10. The zero-order chi connectivity index (χ0) is 27.0. The summed E-state index contributed by atoms with van der Waals surface area (Å²) in [6, 6.07) is 1.82. The van der Waals surface area contributed by atoms with Gasteiger partial charge in [0.1, 0.15) is 24.4 Å². The van der Waals surface area contributed by atoms with Gasteiger partial charge in [-0.1, -0.05) is 32.4 Å². The number of aliphatic carboxylic acids is 1. The van der Waals surface area contributed by atoms with Gasteiger partial charge in [-0.05, 0) is 48.9 Å². The first-order valence-electron chi connectivity index (χ1n) is 11.7. The van der Waals surface area contributed by atoms with Crippen molar-refractivity contribution in [3.05, 3.63) is 28.8 Å². The second-order valence-corrected chi connectivity index (χ2v) is 9.46. The first-order valence-corrected chi connectivity index (χ1v) is 12.1. The standard InChI is InChI=1S/C24H33ClN4O7/c1-5-17(21(31)27-18(23(33)34)8-13(2)3)28-24(35)29-12-20(30)26-11-15(22(29)32)9-14-10-16(25)6-7-19(14)36-4/h6-7,10,13,15,17-18H,5,8-9,11-12H2,1-4H3,(H,26,30)(H,27,31)(H,28,35)(H,33,34)/t15?,17-,18+/m1/s1. The SMILES string of the molecule is CC[C@@H](NC(=O)N1CC(=O)NCC(Cc2cc(Cl)ccc2OC)C1=O)C(=O)N[C@@H](CC(C)C)C(=O)O. The molecular weight excluding hydrogens is 492 g/mol. The molecule has 0 saturated carbocycles. The summed E-state index contributed by atoms with van der Waals surface area (Å²) < 4.78 is 5.33. The molecule has 4 N–H and O–H groups in total. The zero-order valence-electron chi connectivity index (χ0n) is 20.8. The monoisotopic (exact) mass is 524 g/mol. The maximum Gasteiger partial charge on any atom is 0.326 e. The van der Waals surface area contributed by atoms with Crippen molar-refractivity contribution in [1.82, 2.24) is 20.9 Å². The minimum absolute atomic E-state index is 0.00427. The Kier molecular flexibility index (Phi) is 10.5. The molecule has 11 nitrogen and oxygen atoms in total. The largest absolute Gasteiger partial charge is 0.496 e. The number of ether oxygens (including phenoxy) is 1. The molecule has 5 amide bonds. The van der Waals surface area contributed by atoms with Gasteiger partial charge in [-0.15, -0.1) is 0 Å². The highest BCUT2D eigenvalue weighted by Crippen LogP contribution is 2.26. The van der Waals surface area contributed by atoms with E-state index < -0.39 is 54.3 Å². The van der Waals surface area contributed by atoms with Crippen molar-refractivity contribution in [3.8, 4) is 5.75 Å². The summed E-state index contributed by atoms with van der Waals surface area (Å²) in [5, 5.41) is 17.4. The van der Waals surface area contributed by atoms with Crippen LogP contribution in [-0.4, -0.2) is 72.0 Å². The summed E-state index contributed by atoms with van der Waals surface area (Å²) in [7, 11) is 1.48. The van der Waals surface area contributed by atoms with E-state index in [1.165, 1.54) is 7.11 Å². The Labute approximate surface area is 214 Å². The summed E-state index contributed by atoms with van der Waals surface area (Å²) in [5.74, 6) is -3.26. The number of hydrogen-bond donors (Lipinski definition) is 4. The van der Waals surface area contributed by atoms with E-state index in [0.717, 1.165) is 4.90 Å². The van der Waals surface area contributed by atoms with Gasteiger partial charge in [0.05, 0.1) is 13.0 Å². The van der Waals surface area contributed by atoms with Crippen LogP contribution in [0.5, 0.6) is 5.75 Å². The lowest BCUT2D eigenvalue weighted by atomic mass is 9.97. The molecule has 2 rings (SSSR count). The lowest BCUT2D eigenvalue weighted by molar-refractivity contribution is -0.142. The molecule has 1 unspecified atom stereocenters. The number of carbonyl (C=O) groups excluding carboxylic acids is 4. The van der Waals surface area contributed by atoms with Gasteiger partial charge >= 0.3 is 12.0 Å². The Morgan fingerprint density at radius 2 is 1.92 bits per heavy atom. The Bertz CT molecular complexity index is 1000. The van der Waals surface area contributed by atoms with Crippen LogP contribution in [0.15, 0.2) is 18.2 Å². The van der Waals surface area contributed by atoms with Gasteiger partial charge in [0, 0.05) is 11.6 Å². The number of methoxy groups -OCH3 is 1. The molecule has 0 aliphatic carbocycles. The second-order valence-electron chi connectivity index (χ2n) is 9.02. The van der Waals surface area contributed by atoms with Crippen LogP contribution in [-0.2, 0) is 25.6 Å². The van der Waals surface area contributed by atoms with Crippen molar-refractivity contribution in [3.63, 3.8) is 0 Å². The molecule has 0 bridgehead atoms. The molecular formula is C24H33ClN4O7. The topological polar surface area (TPSA) is 154 Å². The number of amides is 5. The summed E-state index contributed by atoms with van der Waals surface area (Å²) >= 11 is 6.09. The molecule has 12 heteroatoms. The van der Waals surface area contributed by atoms with Crippen molar-refractivity contribution in [2.45, 2.75) is 52.1 Å². The quantitative estimate of drug-likeness (QED) is 0.362. The molecule has 36 heavy (non-hydrogen) atoms. The van der Waals surface area contributed by atoms with E-state index in [0.29, 0.717) is 16.3 Å². The molecule has 0 aromatic heterocycles. The van der Waals surface area contributed by atoms with Crippen LogP contribution < -0.4 is 20.7 Å². The van der Waals surface area contributed by atoms with Crippen LogP contribution >= 0.6 is 11.6 Å². The van der Waals surface area contributed by atoms with E-state index >= 15 is 0 Å². The van der Waals surface area contributed by atoms with Crippen molar-refractivity contribution in [2.24, 2.45) is 11.8 Å². The van der Waals surface area contributed by atoms with E-state index in [1.807, 2.05) is 13.8 Å². The molecule has 3 atom stereocenters. The third kappa shape index (κ3) is 7.84. The fourth-order valence-electron chi connectivity index (χ4n) is 3.87. The van der Waals surface area contributed by atoms with Gasteiger partial charge in [-0.2, -0.15) is 0 Å². The number of benzene rings is 1. The van der Waals surface area contributed by atoms with E-state index in [4.69, 9.17) is 16.3 Å². The second kappa shape index (κ2) is 13.1. The molecule has 1 saturated heterocycles. The normalized spacial score (nSPS) is 17.6. The lowest BCUT2D eigenvalue weighted by Gasteiger charge is -2.26. The molecule has 0 radical (unpaired) electrons. The fourth-order valence-corrected chi connectivity index (χ4v) is 4.07. The van der Waals surface area contributed by atoms with Gasteiger partial charge < -0.3 is 25.8 Å². The number of carboxylic acid groups (broad SMARTS) is 1. The molecule has 1 aliphatic rings. The number of carboxylic acids is 1.